The van der Waals surface area contributed by atoms with Crippen molar-refractivity contribution in [3.8, 4) is 6.07 Å². The smallest absolute Gasteiger partial charge is 0.408 e. The SMILES string of the molecule is C=C([C@H](CN1CC2C[C@H]1C(=O)N2C(CC)c1ccc(F)cc1)NC(=O)OC(C)(C)C)N1CCCC1C#N. The van der Waals surface area contributed by atoms with Gasteiger partial charge in [-0.05, 0) is 64.2 Å². The van der Waals surface area contributed by atoms with Gasteiger partial charge in [0.15, 0.2) is 0 Å². The third-order valence-electron chi connectivity index (χ3n) is 7.57. The van der Waals surface area contributed by atoms with Gasteiger partial charge < -0.3 is 19.9 Å². The lowest BCUT2D eigenvalue weighted by Gasteiger charge is -2.40. The Kier molecular flexibility index (Phi) is 7.79. The zero-order chi connectivity index (χ0) is 26.9. The summed E-state index contributed by atoms with van der Waals surface area (Å²) in [5.41, 5.74) is 0.947. The molecule has 0 aromatic heterocycles. The fourth-order valence-electron chi connectivity index (χ4n) is 5.94. The molecule has 2 amide bonds. The summed E-state index contributed by atoms with van der Waals surface area (Å²) in [7, 11) is 0. The maximum Gasteiger partial charge on any atom is 0.408 e. The van der Waals surface area contributed by atoms with Gasteiger partial charge in [0.05, 0.1) is 24.2 Å². The van der Waals surface area contributed by atoms with Crippen molar-refractivity contribution in [2.45, 2.75) is 89.2 Å². The molecule has 0 radical (unpaired) electrons. The highest BCUT2D eigenvalue weighted by Crippen LogP contribution is 2.39. The summed E-state index contributed by atoms with van der Waals surface area (Å²) < 4.78 is 19.0. The molecular weight excluding hydrogens is 473 g/mol. The second-order valence-corrected chi connectivity index (χ2v) is 11.3. The molecule has 3 unspecified atom stereocenters. The van der Waals surface area contributed by atoms with E-state index in [1.807, 2.05) is 16.7 Å². The Morgan fingerprint density at radius 2 is 2.03 bits per heavy atom. The fourth-order valence-corrected chi connectivity index (χ4v) is 5.94. The first-order chi connectivity index (χ1) is 17.5. The first kappa shape index (κ1) is 26.9. The van der Waals surface area contributed by atoms with Crippen LogP contribution in [0.5, 0.6) is 0 Å². The topological polar surface area (TPSA) is 88.9 Å². The molecule has 3 saturated heterocycles. The Morgan fingerprint density at radius 3 is 2.62 bits per heavy atom. The summed E-state index contributed by atoms with van der Waals surface area (Å²) in [5.74, 6) is -0.232. The maximum absolute atomic E-state index is 13.6. The van der Waals surface area contributed by atoms with Crippen molar-refractivity contribution in [2.24, 2.45) is 0 Å². The Labute approximate surface area is 219 Å². The Morgan fingerprint density at radius 1 is 1.32 bits per heavy atom. The number of carbonyl (C=O) groups is 2. The normalized spacial score (nSPS) is 25.2. The molecule has 3 aliphatic heterocycles. The lowest BCUT2D eigenvalue weighted by atomic mass is 10.0. The number of halogens is 1. The molecule has 0 saturated carbocycles. The average Bonchev–Trinajstić information content (AvgIpc) is 3.54. The van der Waals surface area contributed by atoms with Crippen LogP contribution in [0.1, 0.15) is 65.0 Å². The van der Waals surface area contributed by atoms with Gasteiger partial charge >= 0.3 is 6.09 Å². The second-order valence-electron chi connectivity index (χ2n) is 11.3. The zero-order valence-corrected chi connectivity index (χ0v) is 22.2. The number of hydrogen-bond donors (Lipinski definition) is 1. The molecule has 200 valence electrons. The number of benzene rings is 1. The fraction of sp³-hybridized carbons (Fsp3) is 0.607. The second kappa shape index (κ2) is 10.7. The van der Waals surface area contributed by atoms with Crippen molar-refractivity contribution in [1.29, 1.82) is 5.26 Å². The van der Waals surface area contributed by atoms with Crippen LogP contribution in [-0.4, -0.2) is 76.1 Å². The molecular formula is C28H38FN5O3. The van der Waals surface area contributed by atoms with Crippen molar-refractivity contribution >= 4 is 12.0 Å². The van der Waals surface area contributed by atoms with Gasteiger partial charge in [0.25, 0.3) is 0 Å². The van der Waals surface area contributed by atoms with Crippen LogP contribution in [0.3, 0.4) is 0 Å². The van der Waals surface area contributed by atoms with E-state index in [0.29, 0.717) is 31.8 Å². The van der Waals surface area contributed by atoms with Gasteiger partial charge in [0, 0.05) is 31.4 Å². The maximum atomic E-state index is 13.6. The van der Waals surface area contributed by atoms with Crippen LogP contribution in [0.4, 0.5) is 9.18 Å². The van der Waals surface area contributed by atoms with E-state index in [2.05, 4.69) is 22.9 Å². The number of fused-ring (bicyclic) bond motifs is 2. The van der Waals surface area contributed by atoms with E-state index in [9.17, 15) is 19.2 Å². The van der Waals surface area contributed by atoms with Gasteiger partial charge in [0.1, 0.15) is 17.5 Å². The number of likely N-dealkylation sites (tertiary alicyclic amines) is 3. The van der Waals surface area contributed by atoms with Crippen molar-refractivity contribution in [3.63, 3.8) is 0 Å². The molecule has 4 rings (SSSR count). The number of rotatable bonds is 8. The van der Waals surface area contributed by atoms with Crippen LogP contribution in [0, 0.1) is 17.1 Å². The monoisotopic (exact) mass is 511 g/mol. The van der Waals surface area contributed by atoms with Gasteiger partial charge in [0.2, 0.25) is 5.91 Å². The summed E-state index contributed by atoms with van der Waals surface area (Å²) >= 11 is 0. The van der Waals surface area contributed by atoms with Crippen LogP contribution in [0.15, 0.2) is 36.5 Å². The number of nitrogens with one attached hydrogen (secondary N) is 1. The number of nitriles is 1. The predicted molar refractivity (Wildman–Crippen MR) is 138 cm³/mol. The zero-order valence-electron chi connectivity index (χ0n) is 22.2. The molecule has 0 spiro atoms. The van der Waals surface area contributed by atoms with Crippen molar-refractivity contribution in [1.82, 2.24) is 20.0 Å². The lowest BCUT2D eigenvalue weighted by molar-refractivity contribution is -0.139. The number of alkyl carbamates (subject to hydrolysis) is 1. The quantitative estimate of drug-likeness (QED) is 0.569. The predicted octanol–water partition coefficient (Wildman–Crippen LogP) is 3.96. The summed E-state index contributed by atoms with van der Waals surface area (Å²) in [4.78, 5) is 32.3. The largest absolute Gasteiger partial charge is 0.444 e. The number of ether oxygens (including phenoxy) is 1. The molecule has 2 bridgehead atoms. The minimum absolute atomic E-state index is 0.0431. The Balaban J connectivity index is 1.49. The first-order valence-corrected chi connectivity index (χ1v) is 13.2. The van der Waals surface area contributed by atoms with Gasteiger partial charge in [-0.1, -0.05) is 25.6 Å². The van der Waals surface area contributed by atoms with Crippen molar-refractivity contribution in [2.75, 3.05) is 19.6 Å². The van der Waals surface area contributed by atoms with E-state index in [0.717, 1.165) is 24.8 Å². The van der Waals surface area contributed by atoms with Crippen LogP contribution in [0.2, 0.25) is 0 Å². The molecule has 37 heavy (non-hydrogen) atoms. The number of hydrogen-bond acceptors (Lipinski definition) is 6. The Hall–Kier alpha value is -3.12. The number of carbonyl (C=O) groups excluding carboxylic acids is 2. The molecule has 3 heterocycles. The van der Waals surface area contributed by atoms with Gasteiger partial charge in [-0.2, -0.15) is 5.26 Å². The molecule has 1 N–H and O–H groups in total. The third-order valence-corrected chi connectivity index (χ3v) is 7.57. The van der Waals surface area contributed by atoms with Gasteiger partial charge in [-0.15, -0.1) is 0 Å². The minimum atomic E-state index is -0.655. The molecule has 1 aromatic rings. The van der Waals surface area contributed by atoms with E-state index in [4.69, 9.17) is 4.74 Å². The molecule has 0 aliphatic carbocycles. The number of amides is 2. The molecule has 8 nitrogen and oxygen atoms in total. The lowest BCUT2D eigenvalue weighted by Crippen LogP contribution is -2.56. The highest BCUT2D eigenvalue weighted by Gasteiger charge is 2.52. The summed E-state index contributed by atoms with van der Waals surface area (Å²) in [6.07, 6.45) is 2.56. The van der Waals surface area contributed by atoms with E-state index < -0.39 is 17.7 Å². The first-order valence-electron chi connectivity index (χ1n) is 13.2. The third kappa shape index (κ3) is 5.74. The van der Waals surface area contributed by atoms with E-state index in [1.54, 1.807) is 32.9 Å². The van der Waals surface area contributed by atoms with E-state index in [-0.39, 0.29) is 35.9 Å². The van der Waals surface area contributed by atoms with Crippen LogP contribution < -0.4 is 5.32 Å². The highest BCUT2D eigenvalue weighted by atomic mass is 19.1. The summed E-state index contributed by atoms with van der Waals surface area (Å²) in [5, 5.41) is 12.6. The summed E-state index contributed by atoms with van der Waals surface area (Å²) in [6, 6.07) is 7.61. The van der Waals surface area contributed by atoms with Gasteiger partial charge in [-0.3, -0.25) is 9.69 Å². The molecule has 3 aliphatic rings. The van der Waals surface area contributed by atoms with Crippen LogP contribution >= 0.6 is 0 Å². The standard InChI is InChI=1S/C28H38FN5O3/c1-6-24(19-9-11-20(29)12-10-19)34-22-14-25(26(34)35)32(16-22)17-23(31-27(36)37-28(3,4)5)18(2)33-13-7-8-21(33)15-30/h9-12,21-25H,2,6-8,13-14,16-17H2,1,3-5H3,(H,31,36)/t21?,22?,23-,24?,25-/m0/s1. The molecule has 1 aromatic carbocycles. The van der Waals surface area contributed by atoms with Crippen molar-refractivity contribution in [3.05, 3.63) is 47.9 Å². The Bertz CT molecular complexity index is 1060. The molecule has 9 heteroatoms. The summed E-state index contributed by atoms with van der Waals surface area (Å²) in [6.45, 7) is 13.5. The highest BCUT2D eigenvalue weighted by molar-refractivity contribution is 5.86. The average molecular weight is 512 g/mol. The number of nitrogens with zero attached hydrogens (tertiary/aromatic N) is 4. The van der Waals surface area contributed by atoms with E-state index >= 15 is 0 Å². The van der Waals surface area contributed by atoms with Gasteiger partial charge in [-0.25, -0.2) is 9.18 Å². The number of piperazine rings is 1. The van der Waals surface area contributed by atoms with Crippen molar-refractivity contribution < 1.29 is 18.7 Å². The molecule has 3 fully saturated rings. The van der Waals surface area contributed by atoms with Crippen LogP contribution in [-0.2, 0) is 9.53 Å². The van der Waals surface area contributed by atoms with E-state index in [1.165, 1.54) is 12.1 Å². The van der Waals surface area contributed by atoms with Crippen LogP contribution in [0.25, 0.3) is 0 Å². The minimum Gasteiger partial charge on any atom is -0.444 e. The molecule has 5 atom stereocenters.